The monoisotopic (exact) mass is 566 g/mol. The normalized spacial score (nSPS) is 12.0. The average molecular weight is 566 g/mol. The van der Waals surface area contributed by atoms with Crippen LogP contribution in [0.5, 0.6) is 0 Å². The summed E-state index contributed by atoms with van der Waals surface area (Å²) in [6.07, 6.45) is 3.73. The van der Waals surface area contributed by atoms with Gasteiger partial charge >= 0.3 is 15.6 Å². The molecule has 0 atom stereocenters. The predicted molar refractivity (Wildman–Crippen MR) is 127 cm³/mol. The molecule has 0 aliphatic heterocycles. The Balaban J connectivity index is 3.36. The third kappa shape index (κ3) is 29.3. The predicted octanol–water partition coefficient (Wildman–Crippen LogP) is 0.218. The lowest BCUT2D eigenvalue weighted by atomic mass is 10.2. The van der Waals surface area contributed by atoms with Gasteiger partial charge < -0.3 is 44.4 Å². The zero-order valence-electron chi connectivity index (χ0n) is 20.4. The van der Waals surface area contributed by atoms with Crippen molar-refractivity contribution in [1.29, 1.82) is 0 Å². The van der Waals surface area contributed by atoms with Crippen LogP contribution in [0.1, 0.15) is 44.9 Å². The van der Waals surface area contributed by atoms with E-state index in [1.807, 2.05) is 0 Å². The Hall–Kier alpha value is -0.960. The highest BCUT2D eigenvalue weighted by molar-refractivity contribution is 7.46. The van der Waals surface area contributed by atoms with Crippen molar-refractivity contribution in [3.8, 4) is 0 Å². The number of hydrogen-bond donors (Lipinski definition) is 6. The maximum absolute atomic E-state index is 11.8. The van der Waals surface area contributed by atoms with Crippen molar-refractivity contribution in [1.82, 2.24) is 10.6 Å². The Bertz CT molecular complexity index is 672. The molecule has 0 fully saturated rings. The molecule has 17 heteroatoms. The van der Waals surface area contributed by atoms with Gasteiger partial charge in [0.25, 0.3) is 0 Å². The number of unbranched alkanes of at least 4 members (excludes halogenated alkanes) is 3. The van der Waals surface area contributed by atoms with E-state index in [4.69, 9.17) is 33.8 Å². The Morgan fingerprint density at radius 1 is 0.528 bits per heavy atom. The maximum Gasteiger partial charge on any atom is 0.469 e. The number of amides is 2. The lowest BCUT2D eigenvalue weighted by Crippen LogP contribution is -2.28. The van der Waals surface area contributed by atoms with Gasteiger partial charge in [0.05, 0.1) is 52.9 Å². The van der Waals surface area contributed by atoms with Gasteiger partial charge in [0.2, 0.25) is 11.8 Å². The number of rotatable bonds is 25. The van der Waals surface area contributed by atoms with E-state index in [1.54, 1.807) is 0 Å². The molecule has 0 aromatic heterocycles. The topological polar surface area (TPSA) is 219 Å². The van der Waals surface area contributed by atoms with E-state index in [9.17, 15) is 18.7 Å². The van der Waals surface area contributed by atoms with Gasteiger partial charge in [-0.3, -0.25) is 18.6 Å². The van der Waals surface area contributed by atoms with Crippen LogP contribution in [0.15, 0.2) is 0 Å². The van der Waals surface area contributed by atoms with Crippen molar-refractivity contribution in [2.75, 3.05) is 65.9 Å². The fourth-order valence-electron chi connectivity index (χ4n) is 2.60. The summed E-state index contributed by atoms with van der Waals surface area (Å²) >= 11 is 0. The van der Waals surface area contributed by atoms with Crippen LogP contribution >= 0.6 is 15.6 Å². The van der Waals surface area contributed by atoms with Crippen LogP contribution in [-0.2, 0) is 42.0 Å². The molecule has 0 spiro atoms. The van der Waals surface area contributed by atoms with E-state index >= 15 is 0 Å². The van der Waals surface area contributed by atoms with Crippen LogP contribution in [-0.4, -0.2) is 97.3 Å². The summed E-state index contributed by atoms with van der Waals surface area (Å²) in [6, 6.07) is 0. The Morgan fingerprint density at radius 3 is 1.53 bits per heavy atom. The molecular formula is C19H40N2O13P2. The second kappa shape index (κ2) is 22.1. The Labute approximate surface area is 211 Å². The van der Waals surface area contributed by atoms with Gasteiger partial charge in [0.15, 0.2) is 0 Å². The van der Waals surface area contributed by atoms with Crippen molar-refractivity contribution < 1.29 is 61.6 Å². The van der Waals surface area contributed by atoms with Crippen LogP contribution in [0, 0.1) is 0 Å². The molecule has 0 unspecified atom stereocenters. The molecule has 0 aromatic rings. The number of carbonyl (C=O) groups is 2. The summed E-state index contributed by atoms with van der Waals surface area (Å²) in [6.45, 7) is 2.20. The second-order valence-corrected chi connectivity index (χ2v) is 9.93. The van der Waals surface area contributed by atoms with Crippen molar-refractivity contribution in [3.63, 3.8) is 0 Å². The molecule has 0 heterocycles. The lowest BCUT2D eigenvalue weighted by Gasteiger charge is -2.08. The van der Waals surface area contributed by atoms with Gasteiger partial charge in [-0.15, -0.1) is 0 Å². The fraction of sp³-hybridized carbons (Fsp3) is 0.895. The fourth-order valence-corrected chi connectivity index (χ4v) is 3.28. The van der Waals surface area contributed by atoms with Crippen molar-refractivity contribution >= 4 is 27.5 Å². The van der Waals surface area contributed by atoms with Crippen LogP contribution in [0.4, 0.5) is 0 Å². The van der Waals surface area contributed by atoms with E-state index < -0.39 is 15.6 Å². The van der Waals surface area contributed by atoms with Crippen molar-refractivity contribution in [3.05, 3.63) is 0 Å². The van der Waals surface area contributed by atoms with Crippen molar-refractivity contribution in [2.45, 2.75) is 44.9 Å². The first-order valence-corrected chi connectivity index (χ1v) is 14.7. The zero-order chi connectivity index (χ0) is 27.1. The number of phosphoric ester groups is 2. The third-order valence-electron chi connectivity index (χ3n) is 4.26. The molecule has 36 heavy (non-hydrogen) atoms. The lowest BCUT2D eigenvalue weighted by molar-refractivity contribution is -0.122. The van der Waals surface area contributed by atoms with Crippen LogP contribution in [0.25, 0.3) is 0 Å². The first-order valence-electron chi connectivity index (χ1n) is 11.7. The van der Waals surface area contributed by atoms with E-state index in [-0.39, 0.29) is 51.1 Å². The Morgan fingerprint density at radius 2 is 0.972 bits per heavy atom. The van der Waals surface area contributed by atoms with Gasteiger partial charge in [0.1, 0.15) is 0 Å². The molecule has 15 nitrogen and oxygen atoms in total. The maximum atomic E-state index is 11.8. The van der Waals surface area contributed by atoms with Crippen molar-refractivity contribution in [2.24, 2.45) is 0 Å². The zero-order valence-corrected chi connectivity index (χ0v) is 22.2. The smallest absolute Gasteiger partial charge is 0.377 e. The summed E-state index contributed by atoms with van der Waals surface area (Å²) < 4.78 is 45.1. The molecule has 6 N–H and O–H groups in total. The minimum atomic E-state index is -4.46. The largest absolute Gasteiger partial charge is 0.469 e. The van der Waals surface area contributed by atoms with Gasteiger partial charge in [-0.2, -0.15) is 0 Å². The molecule has 0 saturated carbocycles. The van der Waals surface area contributed by atoms with Crippen LogP contribution in [0.2, 0.25) is 0 Å². The van der Waals surface area contributed by atoms with Crippen LogP contribution in [0.3, 0.4) is 0 Å². The number of carbonyl (C=O) groups excluding carboxylic acids is 2. The SMILES string of the molecule is O=C(CCCC(=O)NCCOCCOCCOCCOP(=O)(O)O)NCCCCCCOP(=O)(O)O. The molecule has 0 saturated heterocycles. The second-order valence-electron chi connectivity index (χ2n) is 7.45. The van der Waals surface area contributed by atoms with Gasteiger partial charge in [-0.05, 0) is 19.3 Å². The first-order chi connectivity index (χ1) is 17.0. The number of hydrogen-bond acceptors (Lipinski definition) is 9. The minimum Gasteiger partial charge on any atom is -0.377 e. The summed E-state index contributed by atoms with van der Waals surface area (Å²) in [5.74, 6) is -0.295. The van der Waals surface area contributed by atoms with Gasteiger partial charge in [-0.25, -0.2) is 9.13 Å². The molecule has 2 amide bonds. The highest BCUT2D eigenvalue weighted by Gasteiger charge is 2.13. The Kier molecular flexibility index (Phi) is 21.5. The summed E-state index contributed by atoms with van der Waals surface area (Å²) in [7, 11) is -8.86. The molecule has 214 valence electrons. The summed E-state index contributed by atoms with van der Waals surface area (Å²) in [4.78, 5) is 57.6. The molecule has 0 bridgehead atoms. The molecule has 0 aliphatic carbocycles. The van der Waals surface area contributed by atoms with E-state index in [2.05, 4.69) is 19.7 Å². The average Bonchev–Trinajstić information content (AvgIpc) is 2.77. The third-order valence-corrected chi connectivity index (χ3v) is 5.30. The molecule has 0 rings (SSSR count). The molecule has 0 radical (unpaired) electrons. The van der Waals surface area contributed by atoms with Crippen LogP contribution < -0.4 is 10.6 Å². The van der Waals surface area contributed by atoms with E-state index in [0.29, 0.717) is 52.4 Å². The van der Waals surface area contributed by atoms with Gasteiger partial charge in [-0.1, -0.05) is 12.8 Å². The number of ether oxygens (including phenoxy) is 3. The van der Waals surface area contributed by atoms with Gasteiger partial charge in [0, 0.05) is 25.9 Å². The molecule has 0 aromatic carbocycles. The first kappa shape index (κ1) is 35.0. The summed E-state index contributed by atoms with van der Waals surface area (Å²) in [5, 5.41) is 5.47. The minimum absolute atomic E-state index is 0.000830. The molecule has 0 aliphatic rings. The highest BCUT2D eigenvalue weighted by atomic mass is 31.2. The van der Waals surface area contributed by atoms with E-state index in [1.165, 1.54) is 0 Å². The summed E-state index contributed by atoms with van der Waals surface area (Å²) in [5.41, 5.74) is 0. The van der Waals surface area contributed by atoms with E-state index in [0.717, 1.165) is 19.3 Å². The number of phosphoric acid groups is 2. The number of nitrogens with one attached hydrogen (secondary N) is 2. The standard InChI is InChI=1S/C19H40N2O13P2/c22-18(20-8-3-1-2-4-10-33-35(24,25)26)6-5-7-19(23)21-9-11-30-12-13-31-14-15-32-16-17-34-36(27,28)29/h1-17H2,(H,20,22)(H,21,23)(H2,24,25,26)(H2,27,28,29). The quantitative estimate of drug-likeness (QED) is 0.0644. The highest BCUT2D eigenvalue weighted by Crippen LogP contribution is 2.36. The molecular weight excluding hydrogens is 526 g/mol.